The van der Waals surface area contributed by atoms with Gasteiger partial charge < -0.3 is 5.11 Å². The fraction of sp³-hybridized carbons (Fsp3) is 0.700. The van der Waals surface area contributed by atoms with E-state index in [4.69, 9.17) is 0 Å². The zero-order valence-electron chi connectivity index (χ0n) is 8.62. The Labute approximate surface area is 79.4 Å². The van der Waals surface area contributed by atoms with Gasteiger partial charge in [-0.2, -0.15) is 5.10 Å². The molecule has 0 aliphatic rings. The molecule has 0 fully saturated rings. The second-order valence-electron chi connectivity index (χ2n) is 3.36. The maximum Gasteiger partial charge on any atom is 0.0820 e. The van der Waals surface area contributed by atoms with E-state index in [0.29, 0.717) is 0 Å². The quantitative estimate of drug-likeness (QED) is 0.773. The van der Waals surface area contributed by atoms with Crippen LogP contribution in [0.25, 0.3) is 0 Å². The number of aryl methyl sites for hydroxylation is 2. The molecule has 1 atom stereocenters. The highest BCUT2D eigenvalue weighted by Crippen LogP contribution is 2.18. The van der Waals surface area contributed by atoms with Gasteiger partial charge in [0.05, 0.1) is 11.8 Å². The third-order valence-corrected chi connectivity index (χ3v) is 2.18. The molecule has 0 spiro atoms. The molecule has 0 bridgehead atoms. The Morgan fingerprint density at radius 2 is 2.23 bits per heavy atom. The van der Waals surface area contributed by atoms with Crippen LogP contribution in [-0.2, 0) is 6.54 Å². The number of rotatable bonds is 4. The number of nitrogens with zero attached hydrogens (tertiary/aromatic N) is 2. The minimum atomic E-state index is -0.356. The summed E-state index contributed by atoms with van der Waals surface area (Å²) in [6, 6.07) is 0. The molecule has 1 aromatic rings. The normalized spacial score (nSPS) is 13.2. The lowest BCUT2D eigenvalue weighted by molar-refractivity contribution is 0.173. The molecule has 0 saturated heterocycles. The Morgan fingerprint density at radius 1 is 1.54 bits per heavy atom. The summed E-state index contributed by atoms with van der Waals surface area (Å²) in [4.78, 5) is 0. The van der Waals surface area contributed by atoms with Crippen molar-refractivity contribution >= 4 is 0 Å². The summed E-state index contributed by atoms with van der Waals surface area (Å²) in [7, 11) is 0. The van der Waals surface area contributed by atoms with Crippen molar-refractivity contribution in [1.82, 2.24) is 9.78 Å². The fourth-order valence-corrected chi connectivity index (χ4v) is 1.42. The van der Waals surface area contributed by atoms with Gasteiger partial charge >= 0.3 is 0 Å². The summed E-state index contributed by atoms with van der Waals surface area (Å²) in [5, 5.41) is 14.0. The molecule has 0 saturated carbocycles. The third-order valence-electron chi connectivity index (χ3n) is 2.18. The maximum atomic E-state index is 9.64. The van der Waals surface area contributed by atoms with Crippen LogP contribution in [0.3, 0.4) is 0 Å². The molecule has 0 aromatic carbocycles. The van der Waals surface area contributed by atoms with Crippen LogP contribution >= 0.6 is 0 Å². The van der Waals surface area contributed by atoms with Crippen molar-refractivity contribution in [3.8, 4) is 0 Å². The van der Waals surface area contributed by atoms with E-state index in [1.54, 1.807) is 0 Å². The van der Waals surface area contributed by atoms with Crippen LogP contribution in [0.5, 0.6) is 0 Å². The Morgan fingerprint density at radius 3 is 2.77 bits per heavy atom. The fourth-order valence-electron chi connectivity index (χ4n) is 1.42. The summed E-state index contributed by atoms with van der Waals surface area (Å²) in [5.41, 5.74) is 1.92. The van der Waals surface area contributed by atoms with E-state index in [2.05, 4.69) is 12.0 Å². The number of aliphatic hydroxyl groups excluding tert-OH is 1. The Balaban J connectivity index is 2.82. The van der Waals surface area contributed by atoms with Gasteiger partial charge in [0.1, 0.15) is 0 Å². The highest BCUT2D eigenvalue weighted by atomic mass is 16.3. The lowest BCUT2D eigenvalue weighted by Crippen LogP contribution is -1.96. The zero-order valence-corrected chi connectivity index (χ0v) is 8.62. The third kappa shape index (κ3) is 2.31. The SMILES string of the molecule is CCCn1cc(C(O)CC)c(C)n1. The first-order chi connectivity index (χ1) is 6.19. The van der Waals surface area contributed by atoms with Crippen molar-refractivity contribution in [2.24, 2.45) is 0 Å². The van der Waals surface area contributed by atoms with Gasteiger partial charge in [-0.15, -0.1) is 0 Å². The van der Waals surface area contributed by atoms with Crippen LogP contribution in [0.2, 0.25) is 0 Å². The van der Waals surface area contributed by atoms with E-state index in [1.807, 2.05) is 24.7 Å². The topological polar surface area (TPSA) is 38.0 Å². The molecule has 1 aromatic heterocycles. The van der Waals surface area contributed by atoms with Crippen molar-refractivity contribution in [2.75, 3.05) is 0 Å². The number of hydrogen-bond donors (Lipinski definition) is 1. The summed E-state index contributed by atoms with van der Waals surface area (Å²) in [6.07, 6.45) is 3.42. The van der Waals surface area contributed by atoms with Crippen molar-refractivity contribution < 1.29 is 5.11 Å². The van der Waals surface area contributed by atoms with E-state index in [-0.39, 0.29) is 6.10 Å². The van der Waals surface area contributed by atoms with Crippen LogP contribution in [-0.4, -0.2) is 14.9 Å². The molecule has 13 heavy (non-hydrogen) atoms. The lowest BCUT2D eigenvalue weighted by atomic mass is 10.1. The predicted octanol–water partition coefficient (Wildman–Crippen LogP) is 2.04. The molecule has 1 heterocycles. The first kappa shape index (κ1) is 10.3. The van der Waals surface area contributed by atoms with Gasteiger partial charge in [-0.05, 0) is 19.8 Å². The van der Waals surface area contributed by atoms with E-state index >= 15 is 0 Å². The van der Waals surface area contributed by atoms with E-state index in [1.165, 1.54) is 0 Å². The summed E-state index contributed by atoms with van der Waals surface area (Å²) < 4.78 is 1.91. The number of aromatic nitrogens is 2. The molecule has 3 nitrogen and oxygen atoms in total. The molecule has 0 aliphatic heterocycles. The first-order valence-corrected chi connectivity index (χ1v) is 4.91. The predicted molar refractivity (Wildman–Crippen MR) is 52.5 cm³/mol. The summed E-state index contributed by atoms with van der Waals surface area (Å²) in [6.45, 7) is 6.96. The van der Waals surface area contributed by atoms with Gasteiger partial charge in [0, 0.05) is 18.3 Å². The molecule has 3 heteroatoms. The van der Waals surface area contributed by atoms with Crippen LogP contribution < -0.4 is 0 Å². The molecule has 0 amide bonds. The summed E-state index contributed by atoms with van der Waals surface area (Å²) >= 11 is 0. The Kier molecular flexibility index (Phi) is 3.48. The highest BCUT2D eigenvalue weighted by Gasteiger charge is 2.11. The van der Waals surface area contributed by atoms with Gasteiger partial charge in [0.2, 0.25) is 0 Å². The molecule has 1 unspecified atom stereocenters. The Bertz CT molecular complexity index is 268. The Hall–Kier alpha value is -0.830. The van der Waals surface area contributed by atoms with E-state index < -0.39 is 0 Å². The van der Waals surface area contributed by atoms with Crippen molar-refractivity contribution in [3.05, 3.63) is 17.5 Å². The largest absolute Gasteiger partial charge is 0.388 e. The summed E-state index contributed by atoms with van der Waals surface area (Å²) in [5.74, 6) is 0. The molecule has 0 aliphatic carbocycles. The second-order valence-corrected chi connectivity index (χ2v) is 3.36. The van der Waals surface area contributed by atoms with Gasteiger partial charge in [0.25, 0.3) is 0 Å². The average Bonchev–Trinajstić information content (AvgIpc) is 2.46. The van der Waals surface area contributed by atoms with E-state index in [9.17, 15) is 5.11 Å². The number of hydrogen-bond acceptors (Lipinski definition) is 2. The molecular formula is C10H18N2O. The highest BCUT2D eigenvalue weighted by molar-refractivity contribution is 5.18. The van der Waals surface area contributed by atoms with Gasteiger partial charge in [0.15, 0.2) is 0 Å². The minimum Gasteiger partial charge on any atom is -0.388 e. The zero-order chi connectivity index (χ0) is 9.84. The smallest absolute Gasteiger partial charge is 0.0820 e. The number of aliphatic hydroxyl groups is 1. The monoisotopic (exact) mass is 182 g/mol. The lowest BCUT2D eigenvalue weighted by Gasteiger charge is -2.04. The molecule has 1 rings (SSSR count). The molecule has 1 N–H and O–H groups in total. The van der Waals surface area contributed by atoms with Crippen LogP contribution in [0.1, 0.15) is 44.1 Å². The van der Waals surface area contributed by atoms with Gasteiger partial charge in [-0.25, -0.2) is 0 Å². The van der Waals surface area contributed by atoms with Crippen LogP contribution in [0.15, 0.2) is 6.20 Å². The van der Waals surface area contributed by atoms with Crippen molar-refractivity contribution in [2.45, 2.75) is 46.3 Å². The van der Waals surface area contributed by atoms with Crippen molar-refractivity contribution in [3.63, 3.8) is 0 Å². The molecular weight excluding hydrogens is 164 g/mol. The van der Waals surface area contributed by atoms with E-state index in [0.717, 1.165) is 30.6 Å². The molecule has 0 radical (unpaired) electrons. The standard InChI is InChI=1S/C10H18N2O/c1-4-6-12-7-9(8(3)11-12)10(13)5-2/h7,10,13H,4-6H2,1-3H3. The van der Waals surface area contributed by atoms with Gasteiger partial charge in [-0.1, -0.05) is 13.8 Å². The van der Waals surface area contributed by atoms with Crippen LogP contribution in [0.4, 0.5) is 0 Å². The average molecular weight is 182 g/mol. The maximum absolute atomic E-state index is 9.64. The van der Waals surface area contributed by atoms with Gasteiger partial charge in [-0.3, -0.25) is 4.68 Å². The molecule has 74 valence electrons. The second kappa shape index (κ2) is 4.42. The minimum absolute atomic E-state index is 0.356. The van der Waals surface area contributed by atoms with Crippen LogP contribution in [0, 0.1) is 6.92 Å². The first-order valence-electron chi connectivity index (χ1n) is 4.91. The van der Waals surface area contributed by atoms with Crippen molar-refractivity contribution in [1.29, 1.82) is 0 Å².